The molecule has 0 saturated carbocycles. The van der Waals surface area contributed by atoms with Crippen molar-refractivity contribution in [3.63, 3.8) is 0 Å². The number of sulfonamides is 1. The monoisotopic (exact) mass is 297 g/mol. The molecule has 110 valence electrons. The van der Waals surface area contributed by atoms with Gasteiger partial charge in [-0.25, -0.2) is 8.42 Å². The number of carbonyl (C=O) groups is 1. The van der Waals surface area contributed by atoms with Crippen molar-refractivity contribution in [3.05, 3.63) is 35.9 Å². The summed E-state index contributed by atoms with van der Waals surface area (Å²) in [5.74, 6) is -0.449. The quantitative estimate of drug-likeness (QED) is 0.766. The fourth-order valence-electron chi connectivity index (χ4n) is 2.45. The fourth-order valence-corrected chi connectivity index (χ4v) is 4.17. The van der Waals surface area contributed by atoms with Crippen molar-refractivity contribution in [1.29, 1.82) is 0 Å². The molecule has 1 aromatic rings. The van der Waals surface area contributed by atoms with Crippen LogP contribution in [0.3, 0.4) is 0 Å². The lowest BCUT2D eigenvalue weighted by atomic mass is 10.2. The number of hydrogen-bond donors (Lipinski definition) is 0. The van der Waals surface area contributed by atoms with Crippen LogP contribution in [0, 0.1) is 0 Å². The zero-order valence-corrected chi connectivity index (χ0v) is 12.3. The lowest BCUT2D eigenvalue weighted by Gasteiger charge is -2.22. The molecule has 5 nitrogen and oxygen atoms in total. The molecule has 0 amide bonds. The molecular weight excluding hydrogens is 278 g/mol. The molecule has 1 heterocycles. The van der Waals surface area contributed by atoms with Crippen molar-refractivity contribution in [2.45, 2.75) is 25.3 Å². The predicted octanol–water partition coefficient (Wildman–Crippen LogP) is 1.20. The number of carbonyl (C=O) groups excluding carboxylic acids is 1. The van der Waals surface area contributed by atoms with Gasteiger partial charge in [0.2, 0.25) is 10.0 Å². The van der Waals surface area contributed by atoms with Gasteiger partial charge in [0.15, 0.2) is 0 Å². The van der Waals surface area contributed by atoms with E-state index in [-0.39, 0.29) is 5.75 Å². The van der Waals surface area contributed by atoms with Gasteiger partial charge >= 0.3 is 5.97 Å². The van der Waals surface area contributed by atoms with Gasteiger partial charge < -0.3 is 4.74 Å². The summed E-state index contributed by atoms with van der Waals surface area (Å²) in [4.78, 5) is 11.6. The number of rotatable bonds is 5. The summed E-state index contributed by atoms with van der Waals surface area (Å²) in [5, 5.41) is 0. The molecule has 1 atom stereocenters. The summed E-state index contributed by atoms with van der Waals surface area (Å²) in [5.41, 5.74) is 0.977. The number of esters is 1. The van der Waals surface area contributed by atoms with E-state index in [1.807, 2.05) is 30.3 Å². The van der Waals surface area contributed by atoms with Gasteiger partial charge in [-0.05, 0) is 24.8 Å². The number of methoxy groups -OCH3 is 1. The third-order valence-electron chi connectivity index (χ3n) is 3.53. The third-order valence-corrected chi connectivity index (χ3v) is 5.40. The minimum Gasteiger partial charge on any atom is -0.468 e. The van der Waals surface area contributed by atoms with Crippen molar-refractivity contribution in [1.82, 2.24) is 4.31 Å². The molecule has 1 aromatic carbocycles. The normalized spacial score (nSPS) is 19.9. The second-order valence-electron chi connectivity index (χ2n) is 4.84. The van der Waals surface area contributed by atoms with Gasteiger partial charge in [-0.1, -0.05) is 30.3 Å². The Morgan fingerprint density at radius 3 is 2.70 bits per heavy atom. The van der Waals surface area contributed by atoms with Gasteiger partial charge in [0, 0.05) is 6.54 Å². The van der Waals surface area contributed by atoms with E-state index in [2.05, 4.69) is 4.74 Å². The smallest absolute Gasteiger partial charge is 0.324 e. The van der Waals surface area contributed by atoms with Gasteiger partial charge in [-0.3, -0.25) is 4.79 Å². The van der Waals surface area contributed by atoms with E-state index in [1.165, 1.54) is 11.4 Å². The van der Waals surface area contributed by atoms with E-state index in [4.69, 9.17) is 0 Å². The molecule has 0 bridgehead atoms. The molecule has 1 saturated heterocycles. The van der Waals surface area contributed by atoms with Crippen molar-refractivity contribution in [3.8, 4) is 0 Å². The minimum atomic E-state index is -3.43. The number of benzene rings is 1. The fraction of sp³-hybridized carbons (Fsp3) is 0.500. The SMILES string of the molecule is COC(=O)C1CCCN1S(=O)(=O)CCc1ccccc1. The van der Waals surface area contributed by atoms with Crippen LogP contribution in [0.2, 0.25) is 0 Å². The van der Waals surface area contributed by atoms with Gasteiger partial charge in [0.1, 0.15) is 6.04 Å². The van der Waals surface area contributed by atoms with Crippen LogP contribution in [0.25, 0.3) is 0 Å². The maximum Gasteiger partial charge on any atom is 0.324 e. The molecular formula is C14H19NO4S. The summed E-state index contributed by atoms with van der Waals surface area (Å²) >= 11 is 0. The zero-order valence-electron chi connectivity index (χ0n) is 11.5. The van der Waals surface area contributed by atoms with Crippen molar-refractivity contribution < 1.29 is 17.9 Å². The molecule has 0 aromatic heterocycles. The lowest BCUT2D eigenvalue weighted by molar-refractivity contribution is -0.144. The molecule has 2 rings (SSSR count). The Balaban J connectivity index is 2.04. The van der Waals surface area contributed by atoms with E-state index in [0.717, 1.165) is 5.56 Å². The first-order chi connectivity index (χ1) is 9.54. The Morgan fingerprint density at radius 1 is 1.35 bits per heavy atom. The van der Waals surface area contributed by atoms with E-state index in [0.29, 0.717) is 25.8 Å². The first kappa shape index (κ1) is 15.0. The molecule has 6 heteroatoms. The van der Waals surface area contributed by atoms with E-state index in [9.17, 15) is 13.2 Å². The van der Waals surface area contributed by atoms with E-state index < -0.39 is 22.0 Å². The molecule has 1 aliphatic rings. The van der Waals surface area contributed by atoms with Crippen molar-refractivity contribution >= 4 is 16.0 Å². The van der Waals surface area contributed by atoms with Crippen LogP contribution in [0.1, 0.15) is 18.4 Å². The van der Waals surface area contributed by atoms with Crippen molar-refractivity contribution in [2.75, 3.05) is 19.4 Å². The highest BCUT2D eigenvalue weighted by Crippen LogP contribution is 2.22. The average Bonchev–Trinajstić information content (AvgIpc) is 2.96. The van der Waals surface area contributed by atoms with Crippen LogP contribution in [-0.2, 0) is 26.0 Å². The van der Waals surface area contributed by atoms with Crippen LogP contribution < -0.4 is 0 Å². The summed E-state index contributed by atoms with van der Waals surface area (Å²) in [6.07, 6.45) is 1.69. The zero-order chi connectivity index (χ0) is 14.6. The Morgan fingerprint density at radius 2 is 2.05 bits per heavy atom. The molecule has 0 radical (unpaired) electrons. The summed E-state index contributed by atoms with van der Waals surface area (Å²) in [7, 11) is -2.14. The standard InChI is InChI=1S/C14H19NO4S/c1-19-14(16)13-8-5-10-15(13)20(17,18)11-9-12-6-3-2-4-7-12/h2-4,6-7,13H,5,8-11H2,1H3. The topological polar surface area (TPSA) is 63.7 Å². The Kier molecular flexibility index (Phi) is 4.77. The molecule has 0 aliphatic carbocycles. The van der Waals surface area contributed by atoms with Gasteiger partial charge in [-0.15, -0.1) is 0 Å². The largest absolute Gasteiger partial charge is 0.468 e. The second kappa shape index (κ2) is 6.37. The van der Waals surface area contributed by atoms with Gasteiger partial charge in [-0.2, -0.15) is 4.31 Å². The van der Waals surface area contributed by atoms with E-state index >= 15 is 0 Å². The Hall–Kier alpha value is -1.40. The molecule has 0 N–H and O–H groups in total. The number of ether oxygens (including phenoxy) is 1. The van der Waals surface area contributed by atoms with Crippen LogP contribution in [0.15, 0.2) is 30.3 Å². The average molecular weight is 297 g/mol. The Labute approximate surface area is 119 Å². The highest BCUT2D eigenvalue weighted by Gasteiger charge is 2.38. The van der Waals surface area contributed by atoms with E-state index in [1.54, 1.807) is 0 Å². The van der Waals surface area contributed by atoms with Gasteiger partial charge in [0.25, 0.3) is 0 Å². The van der Waals surface area contributed by atoms with Crippen LogP contribution in [0.4, 0.5) is 0 Å². The molecule has 1 unspecified atom stereocenters. The first-order valence-electron chi connectivity index (χ1n) is 6.66. The maximum atomic E-state index is 12.4. The molecule has 20 heavy (non-hydrogen) atoms. The van der Waals surface area contributed by atoms with Crippen molar-refractivity contribution in [2.24, 2.45) is 0 Å². The number of nitrogens with zero attached hydrogens (tertiary/aromatic N) is 1. The molecule has 1 fully saturated rings. The summed E-state index contributed by atoms with van der Waals surface area (Å²) < 4.78 is 30.7. The lowest BCUT2D eigenvalue weighted by Crippen LogP contribution is -2.42. The summed E-state index contributed by atoms with van der Waals surface area (Å²) in [6, 6.07) is 8.81. The summed E-state index contributed by atoms with van der Waals surface area (Å²) in [6.45, 7) is 0.400. The molecule has 1 aliphatic heterocycles. The maximum absolute atomic E-state index is 12.4. The predicted molar refractivity (Wildman–Crippen MR) is 75.7 cm³/mol. The van der Waals surface area contributed by atoms with Crippen LogP contribution >= 0.6 is 0 Å². The minimum absolute atomic E-state index is 0.0184. The second-order valence-corrected chi connectivity index (χ2v) is 6.88. The van der Waals surface area contributed by atoms with Gasteiger partial charge in [0.05, 0.1) is 12.9 Å². The number of aryl methyl sites for hydroxylation is 1. The third kappa shape index (κ3) is 3.37. The first-order valence-corrected chi connectivity index (χ1v) is 8.27. The number of hydrogen-bond acceptors (Lipinski definition) is 4. The highest BCUT2D eigenvalue weighted by molar-refractivity contribution is 7.89. The van der Waals surface area contributed by atoms with Crippen LogP contribution in [-0.4, -0.2) is 44.1 Å². The molecule has 0 spiro atoms. The van der Waals surface area contributed by atoms with Crippen LogP contribution in [0.5, 0.6) is 0 Å². The Bertz CT molecular complexity index is 556. The highest BCUT2D eigenvalue weighted by atomic mass is 32.2.